The lowest BCUT2D eigenvalue weighted by Crippen LogP contribution is -2.15. The van der Waals surface area contributed by atoms with Crippen molar-refractivity contribution in [1.29, 1.82) is 0 Å². The minimum absolute atomic E-state index is 0.239. The highest BCUT2D eigenvalue weighted by Gasteiger charge is 2.11. The summed E-state index contributed by atoms with van der Waals surface area (Å²) in [5.41, 5.74) is 4.69. The molecule has 0 aliphatic rings. The van der Waals surface area contributed by atoms with Crippen molar-refractivity contribution in [3.63, 3.8) is 0 Å². The largest absolute Gasteiger partial charge is 0.477 e. The first kappa shape index (κ1) is 18.7. The molecule has 0 radical (unpaired) electrons. The predicted octanol–water partition coefficient (Wildman–Crippen LogP) is 4.60. The summed E-state index contributed by atoms with van der Waals surface area (Å²) in [6, 6.07) is 24.5. The molecular formula is C25H21NO3. The fourth-order valence-corrected chi connectivity index (χ4v) is 3.53. The Balaban J connectivity index is 1.50. The second-order valence-corrected chi connectivity index (χ2v) is 7.20. The van der Waals surface area contributed by atoms with E-state index in [0.29, 0.717) is 17.3 Å². The van der Waals surface area contributed by atoms with Crippen molar-refractivity contribution >= 4 is 16.9 Å². The molecule has 4 nitrogen and oxygen atoms in total. The predicted molar refractivity (Wildman–Crippen MR) is 115 cm³/mol. The molecule has 0 saturated heterocycles. The second kappa shape index (κ2) is 8.15. The summed E-state index contributed by atoms with van der Waals surface area (Å²) in [5, 5.41) is 9.56. The molecular weight excluding hydrogens is 362 g/mol. The number of hydrogen-bond acceptors (Lipinski definition) is 2. The van der Waals surface area contributed by atoms with E-state index in [1.165, 1.54) is 17.3 Å². The summed E-state index contributed by atoms with van der Waals surface area (Å²) in [6.45, 7) is 0. The maximum absolute atomic E-state index is 12.4. The molecule has 0 unspecified atom stereocenters. The Kier molecular flexibility index (Phi) is 5.25. The van der Waals surface area contributed by atoms with Gasteiger partial charge in [0.25, 0.3) is 0 Å². The molecule has 4 aromatic rings. The summed E-state index contributed by atoms with van der Waals surface area (Å²) in [4.78, 5) is 26.5. The number of carboxylic acids is 1. The second-order valence-electron chi connectivity index (χ2n) is 7.20. The molecule has 0 saturated carbocycles. The monoisotopic (exact) mass is 383 g/mol. The van der Waals surface area contributed by atoms with Gasteiger partial charge in [0.05, 0.1) is 0 Å². The first-order valence-corrected chi connectivity index (χ1v) is 9.59. The molecule has 0 spiro atoms. The van der Waals surface area contributed by atoms with Gasteiger partial charge in [-0.05, 0) is 53.6 Å². The van der Waals surface area contributed by atoms with E-state index in [2.05, 4.69) is 53.5 Å². The Morgan fingerprint density at radius 2 is 1.41 bits per heavy atom. The number of carboxylic acid groups (broad SMARTS) is 1. The number of hydrogen-bond donors (Lipinski definition) is 2. The summed E-state index contributed by atoms with van der Waals surface area (Å²) < 4.78 is 0. The third-order valence-electron chi connectivity index (χ3n) is 5.15. The molecule has 1 aromatic heterocycles. The summed E-state index contributed by atoms with van der Waals surface area (Å²) in [5.74, 6) is -1.22. The fourth-order valence-electron chi connectivity index (χ4n) is 3.53. The van der Waals surface area contributed by atoms with Crippen molar-refractivity contribution in [3.8, 4) is 0 Å². The lowest BCUT2D eigenvalue weighted by Gasteiger charge is -2.07. The maximum Gasteiger partial charge on any atom is 0.341 e. The molecule has 1 heterocycles. The van der Waals surface area contributed by atoms with E-state index in [1.54, 1.807) is 6.07 Å². The van der Waals surface area contributed by atoms with Gasteiger partial charge in [-0.25, -0.2) is 4.79 Å². The number of fused-ring (bicyclic) bond motifs is 1. The number of pyridine rings is 1. The highest BCUT2D eigenvalue weighted by atomic mass is 16.4. The van der Waals surface area contributed by atoms with Crippen LogP contribution in [0.4, 0.5) is 0 Å². The summed E-state index contributed by atoms with van der Waals surface area (Å²) >= 11 is 0. The van der Waals surface area contributed by atoms with Crippen LogP contribution >= 0.6 is 0 Å². The Morgan fingerprint density at radius 3 is 2.10 bits per heavy atom. The molecule has 0 amide bonds. The lowest BCUT2D eigenvalue weighted by atomic mass is 9.99. The Labute approximate surface area is 168 Å². The molecule has 0 atom stereocenters. The zero-order valence-corrected chi connectivity index (χ0v) is 15.9. The fraction of sp³-hybridized carbons (Fsp3) is 0.120. The third-order valence-corrected chi connectivity index (χ3v) is 5.15. The van der Waals surface area contributed by atoms with Gasteiger partial charge in [-0.15, -0.1) is 0 Å². The molecule has 29 heavy (non-hydrogen) atoms. The molecule has 0 aliphatic carbocycles. The van der Waals surface area contributed by atoms with E-state index >= 15 is 0 Å². The van der Waals surface area contributed by atoms with Crippen LogP contribution in [0.5, 0.6) is 0 Å². The van der Waals surface area contributed by atoms with E-state index in [9.17, 15) is 9.59 Å². The number of nitrogens with one attached hydrogen (secondary N) is 1. The van der Waals surface area contributed by atoms with Crippen LogP contribution in [0.25, 0.3) is 10.9 Å². The van der Waals surface area contributed by atoms with E-state index in [0.717, 1.165) is 24.0 Å². The first-order chi connectivity index (χ1) is 14.1. The zero-order chi connectivity index (χ0) is 20.2. The van der Waals surface area contributed by atoms with Crippen LogP contribution in [-0.2, 0) is 19.3 Å². The highest BCUT2D eigenvalue weighted by Crippen LogP contribution is 2.16. The summed E-state index contributed by atoms with van der Waals surface area (Å²) in [6.07, 6.45) is 3.94. The van der Waals surface area contributed by atoms with Crippen molar-refractivity contribution in [2.75, 3.05) is 0 Å². The average Bonchev–Trinajstić information content (AvgIpc) is 2.74. The van der Waals surface area contributed by atoms with Crippen LogP contribution in [0, 0.1) is 0 Å². The number of aromatic carboxylic acids is 1. The van der Waals surface area contributed by atoms with Crippen molar-refractivity contribution in [3.05, 3.63) is 117 Å². The highest BCUT2D eigenvalue weighted by molar-refractivity contribution is 5.92. The lowest BCUT2D eigenvalue weighted by molar-refractivity contribution is 0.0695. The van der Waals surface area contributed by atoms with Crippen LogP contribution in [0.15, 0.2) is 83.8 Å². The molecule has 0 bridgehead atoms. The zero-order valence-electron chi connectivity index (χ0n) is 15.9. The standard InChI is InChI=1S/C25H21NO3/c27-24-21-15-20(12-13-23(21)26-16-22(24)25(28)29)14-19-10-8-18(9-11-19)7-6-17-4-2-1-3-5-17/h1-5,8-13,15-16H,6-7,14H2,(H,26,27)(H,28,29). The molecule has 0 fully saturated rings. The Bertz CT molecular complexity index is 1210. The van der Waals surface area contributed by atoms with E-state index in [4.69, 9.17) is 5.11 Å². The molecule has 0 aliphatic heterocycles. The van der Waals surface area contributed by atoms with Gasteiger partial charge < -0.3 is 10.1 Å². The quantitative estimate of drug-likeness (QED) is 0.511. The smallest absolute Gasteiger partial charge is 0.341 e. The minimum Gasteiger partial charge on any atom is -0.477 e. The van der Waals surface area contributed by atoms with Crippen LogP contribution in [-0.4, -0.2) is 16.1 Å². The van der Waals surface area contributed by atoms with Crippen LogP contribution in [0.3, 0.4) is 0 Å². The molecule has 3 aromatic carbocycles. The van der Waals surface area contributed by atoms with Gasteiger partial charge in [0, 0.05) is 17.1 Å². The Morgan fingerprint density at radius 1 is 0.793 bits per heavy atom. The first-order valence-electron chi connectivity index (χ1n) is 9.59. The van der Waals surface area contributed by atoms with Crippen molar-refractivity contribution in [2.24, 2.45) is 0 Å². The van der Waals surface area contributed by atoms with Gasteiger partial charge in [0.2, 0.25) is 5.43 Å². The van der Waals surface area contributed by atoms with Gasteiger partial charge in [-0.2, -0.15) is 0 Å². The third kappa shape index (κ3) is 4.27. The minimum atomic E-state index is -1.22. The Hall–Kier alpha value is -3.66. The van der Waals surface area contributed by atoms with E-state index < -0.39 is 11.4 Å². The summed E-state index contributed by atoms with van der Waals surface area (Å²) in [7, 11) is 0. The van der Waals surface area contributed by atoms with Crippen LogP contribution < -0.4 is 5.43 Å². The van der Waals surface area contributed by atoms with E-state index in [1.807, 2.05) is 18.2 Å². The topological polar surface area (TPSA) is 70.2 Å². The maximum atomic E-state index is 12.4. The van der Waals surface area contributed by atoms with Gasteiger partial charge >= 0.3 is 5.97 Å². The van der Waals surface area contributed by atoms with Crippen molar-refractivity contribution < 1.29 is 9.90 Å². The molecule has 144 valence electrons. The number of rotatable bonds is 6. The normalized spacial score (nSPS) is 10.9. The number of benzene rings is 3. The van der Waals surface area contributed by atoms with E-state index in [-0.39, 0.29) is 5.56 Å². The van der Waals surface area contributed by atoms with Gasteiger partial charge in [0.1, 0.15) is 5.56 Å². The molecule has 2 N–H and O–H groups in total. The number of H-pyrrole nitrogens is 1. The van der Waals surface area contributed by atoms with Crippen molar-refractivity contribution in [1.82, 2.24) is 4.98 Å². The van der Waals surface area contributed by atoms with Crippen molar-refractivity contribution in [2.45, 2.75) is 19.3 Å². The van der Waals surface area contributed by atoms with Gasteiger partial charge in [-0.1, -0.05) is 60.7 Å². The number of aromatic nitrogens is 1. The molecule has 4 heteroatoms. The SMILES string of the molecule is O=C(O)c1c[nH]c2ccc(Cc3ccc(CCc4ccccc4)cc3)cc2c1=O. The van der Waals surface area contributed by atoms with Crippen LogP contribution in [0.1, 0.15) is 32.6 Å². The number of carbonyl (C=O) groups is 1. The average molecular weight is 383 g/mol. The number of aryl methyl sites for hydroxylation is 2. The van der Waals surface area contributed by atoms with Gasteiger partial charge in [-0.3, -0.25) is 4.79 Å². The number of aromatic amines is 1. The molecule has 4 rings (SSSR count). The van der Waals surface area contributed by atoms with Gasteiger partial charge in [0.15, 0.2) is 0 Å². The van der Waals surface area contributed by atoms with Crippen LogP contribution in [0.2, 0.25) is 0 Å².